The van der Waals surface area contributed by atoms with Gasteiger partial charge in [0.2, 0.25) is 0 Å². The van der Waals surface area contributed by atoms with Crippen molar-refractivity contribution in [2.75, 3.05) is 18.0 Å². The lowest BCUT2D eigenvalue weighted by molar-refractivity contribution is 0.448. The normalized spacial score (nSPS) is 15.7. The van der Waals surface area contributed by atoms with Crippen LogP contribution in [-0.2, 0) is 0 Å². The molecule has 1 aliphatic rings. The molecule has 2 heterocycles. The van der Waals surface area contributed by atoms with E-state index in [-0.39, 0.29) is 0 Å². The minimum absolute atomic E-state index is 0.459. The van der Waals surface area contributed by atoms with E-state index < -0.39 is 0 Å². The summed E-state index contributed by atoms with van der Waals surface area (Å²) < 4.78 is 0. The summed E-state index contributed by atoms with van der Waals surface area (Å²) in [5.41, 5.74) is 5.52. The molecule has 3 rings (SSSR count). The zero-order valence-corrected chi connectivity index (χ0v) is 22.8. The zero-order valence-electron chi connectivity index (χ0n) is 22.0. The number of anilines is 1. The van der Waals surface area contributed by atoms with Crippen molar-refractivity contribution in [1.29, 1.82) is 0 Å². The van der Waals surface area contributed by atoms with Crippen LogP contribution in [0.4, 0.5) is 11.5 Å². The predicted octanol–water partition coefficient (Wildman–Crippen LogP) is 9.43. The first-order valence-corrected chi connectivity index (χ1v) is 13.9. The second-order valence-corrected chi connectivity index (χ2v) is 10.5. The third kappa shape index (κ3) is 7.07. The van der Waals surface area contributed by atoms with Crippen LogP contribution in [0.2, 0.25) is 5.02 Å². The Balaban J connectivity index is 1.91. The van der Waals surface area contributed by atoms with Gasteiger partial charge in [0.25, 0.3) is 0 Å². The molecular weight excluding hydrogens is 438 g/mol. The number of pyridine rings is 1. The van der Waals surface area contributed by atoms with E-state index in [0.29, 0.717) is 16.9 Å². The number of rotatable bonds is 11. The highest BCUT2D eigenvalue weighted by Gasteiger charge is 2.18. The molecule has 0 saturated carbocycles. The summed E-state index contributed by atoms with van der Waals surface area (Å²) in [6.45, 7) is 13.5. The van der Waals surface area contributed by atoms with Crippen LogP contribution in [0.3, 0.4) is 0 Å². The topological polar surface area (TPSA) is 28.5 Å². The van der Waals surface area contributed by atoms with E-state index >= 15 is 0 Å². The first-order valence-electron chi connectivity index (χ1n) is 13.6. The molecule has 3 nitrogen and oxygen atoms in total. The van der Waals surface area contributed by atoms with Crippen LogP contribution in [0.5, 0.6) is 0 Å². The van der Waals surface area contributed by atoms with Crippen molar-refractivity contribution < 1.29 is 0 Å². The first kappa shape index (κ1) is 26.7. The average molecular weight is 482 g/mol. The molecule has 1 saturated heterocycles. The van der Waals surface area contributed by atoms with Crippen LogP contribution < -0.4 is 4.90 Å². The number of hydrogen-bond acceptors (Lipinski definition) is 3. The molecule has 0 bridgehead atoms. The minimum Gasteiger partial charge on any atom is -0.372 e. The van der Waals surface area contributed by atoms with Gasteiger partial charge in [0.1, 0.15) is 0 Å². The minimum atomic E-state index is 0.459. The predicted molar refractivity (Wildman–Crippen MR) is 150 cm³/mol. The monoisotopic (exact) mass is 481 g/mol. The molecule has 1 aromatic carbocycles. The Labute approximate surface area is 213 Å². The van der Waals surface area contributed by atoms with Crippen molar-refractivity contribution in [3.63, 3.8) is 0 Å². The maximum absolute atomic E-state index is 6.70. The van der Waals surface area contributed by atoms with Crippen LogP contribution in [0, 0.1) is 18.8 Å². The smallest absolute Gasteiger partial charge is 0.155 e. The largest absolute Gasteiger partial charge is 0.372 e. The van der Waals surface area contributed by atoms with Gasteiger partial charge in [-0.25, -0.2) is 9.98 Å². The summed E-state index contributed by atoms with van der Waals surface area (Å²) >= 11 is 6.70. The van der Waals surface area contributed by atoms with Crippen LogP contribution in [0.1, 0.15) is 91.0 Å². The molecule has 1 atom stereocenters. The number of aryl methyl sites for hydroxylation is 1. The van der Waals surface area contributed by atoms with Gasteiger partial charge in [0.15, 0.2) is 5.82 Å². The lowest BCUT2D eigenvalue weighted by atomic mass is 9.87. The highest BCUT2D eigenvalue weighted by molar-refractivity contribution is 6.33. The first-order chi connectivity index (χ1) is 16.5. The number of nitrogens with zero attached hydrogens (tertiary/aromatic N) is 3. The third-order valence-corrected chi connectivity index (χ3v) is 7.61. The van der Waals surface area contributed by atoms with E-state index in [1.165, 1.54) is 56.3 Å². The van der Waals surface area contributed by atoms with E-state index in [4.69, 9.17) is 21.6 Å². The fourth-order valence-corrected chi connectivity index (χ4v) is 5.37. The van der Waals surface area contributed by atoms with Gasteiger partial charge >= 0.3 is 0 Å². The molecule has 4 heteroatoms. The highest BCUT2D eigenvalue weighted by Crippen LogP contribution is 2.33. The standard InChI is InChI=1S/C30H44ClN3/c1-6-12-24(13-7-2)21-28(22(4)8-3)32-30-23(5)20-27(31)29(33-30)25-14-16-26(17-15-25)34-18-10-9-11-19-34/h14-17,20,22,24H,6-13,18-19,21H2,1-5H3/b32-28-. The maximum atomic E-state index is 6.70. The lowest BCUT2D eigenvalue weighted by Gasteiger charge is -2.28. The van der Waals surface area contributed by atoms with E-state index in [1.54, 1.807) is 0 Å². The van der Waals surface area contributed by atoms with Gasteiger partial charge < -0.3 is 4.90 Å². The molecule has 1 unspecified atom stereocenters. The molecule has 2 aromatic rings. The zero-order chi connectivity index (χ0) is 24.5. The van der Waals surface area contributed by atoms with Gasteiger partial charge in [-0.3, -0.25) is 0 Å². The second kappa shape index (κ2) is 13.3. The average Bonchev–Trinajstić information content (AvgIpc) is 2.85. The maximum Gasteiger partial charge on any atom is 0.155 e. The van der Waals surface area contributed by atoms with Crippen molar-refractivity contribution >= 4 is 28.8 Å². The summed E-state index contributed by atoms with van der Waals surface area (Å²) in [4.78, 5) is 12.7. The van der Waals surface area contributed by atoms with Crippen molar-refractivity contribution in [2.24, 2.45) is 16.8 Å². The lowest BCUT2D eigenvalue weighted by Crippen LogP contribution is -2.29. The van der Waals surface area contributed by atoms with Crippen molar-refractivity contribution in [3.05, 3.63) is 40.9 Å². The van der Waals surface area contributed by atoms with Crippen molar-refractivity contribution in [2.45, 2.75) is 92.4 Å². The fraction of sp³-hybridized carbons (Fsp3) is 0.600. The molecule has 0 aliphatic carbocycles. The van der Waals surface area contributed by atoms with E-state index in [0.717, 1.165) is 48.6 Å². The molecule has 1 fully saturated rings. The molecule has 0 N–H and O–H groups in total. The number of aromatic nitrogens is 1. The quantitative estimate of drug-likeness (QED) is 0.299. The fourth-order valence-electron chi connectivity index (χ4n) is 5.06. The molecule has 34 heavy (non-hydrogen) atoms. The molecule has 0 radical (unpaired) electrons. The van der Waals surface area contributed by atoms with Crippen LogP contribution in [-0.4, -0.2) is 23.8 Å². The second-order valence-electron chi connectivity index (χ2n) is 10.1. The summed E-state index contributed by atoms with van der Waals surface area (Å²) in [6.07, 6.45) is 11.1. The van der Waals surface area contributed by atoms with Crippen molar-refractivity contribution in [1.82, 2.24) is 4.98 Å². The van der Waals surface area contributed by atoms with Crippen LogP contribution in [0.25, 0.3) is 11.3 Å². The number of benzene rings is 1. The van der Waals surface area contributed by atoms with E-state index in [9.17, 15) is 0 Å². The SMILES string of the molecule is CCCC(CCC)C/C(=N/c1nc(-c2ccc(N3CCCCC3)cc2)c(Cl)cc1C)C(C)CC. The Bertz CT molecular complexity index is 923. The molecule has 0 spiro atoms. The van der Waals surface area contributed by atoms with Crippen molar-refractivity contribution in [3.8, 4) is 11.3 Å². The number of piperidine rings is 1. The van der Waals surface area contributed by atoms with Gasteiger partial charge in [-0.1, -0.05) is 77.1 Å². The summed E-state index contributed by atoms with van der Waals surface area (Å²) in [5, 5.41) is 0.696. The van der Waals surface area contributed by atoms with Gasteiger partial charge in [-0.2, -0.15) is 0 Å². The number of aliphatic imine (C=N–C) groups is 1. The summed E-state index contributed by atoms with van der Waals surface area (Å²) in [5.74, 6) is 1.99. The molecular formula is C30H44ClN3. The van der Waals surface area contributed by atoms with Gasteiger partial charge in [-0.15, -0.1) is 0 Å². The third-order valence-electron chi connectivity index (χ3n) is 7.32. The van der Waals surface area contributed by atoms with Gasteiger partial charge in [-0.05, 0) is 74.6 Å². The van der Waals surface area contributed by atoms with E-state index in [2.05, 4.69) is 63.8 Å². The Morgan fingerprint density at radius 3 is 2.26 bits per heavy atom. The Hall–Kier alpha value is -1.87. The van der Waals surface area contributed by atoms with E-state index in [1.807, 2.05) is 6.07 Å². The Morgan fingerprint density at radius 2 is 1.68 bits per heavy atom. The summed E-state index contributed by atoms with van der Waals surface area (Å²) in [7, 11) is 0. The number of halogens is 1. The Kier molecular flexibility index (Phi) is 10.4. The van der Waals surface area contributed by atoms with Gasteiger partial charge in [0.05, 0.1) is 10.7 Å². The van der Waals surface area contributed by atoms with Gasteiger partial charge in [0, 0.05) is 30.1 Å². The summed E-state index contributed by atoms with van der Waals surface area (Å²) in [6, 6.07) is 10.8. The molecule has 0 amide bonds. The Morgan fingerprint density at radius 1 is 1.03 bits per heavy atom. The molecule has 186 valence electrons. The molecule has 1 aromatic heterocycles. The highest BCUT2D eigenvalue weighted by atomic mass is 35.5. The van der Waals surface area contributed by atoms with Crippen LogP contribution in [0.15, 0.2) is 35.3 Å². The number of hydrogen-bond donors (Lipinski definition) is 0. The van der Waals surface area contributed by atoms with Crippen LogP contribution >= 0.6 is 11.6 Å². The molecule has 1 aliphatic heterocycles.